The van der Waals surface area contributed by atoms with E-state index in [1.807, 2.05) is 30.3 Å². The lowest BCUT2D eigenvalue weighted by atomic mass is 9.92. The quantitative estimate of drug-likeness (QED) is 0.884. The Morgan fingerprint density at radius 2 is 1.74 bits per heavy atom. The first-order valence-electron chi connectivity index (χ1n) is 6.71. The first kappa shape index (κ1) is 12.7. The van der Waals surface area contributed by atoms with E-state index in [1.165, 1.54) is 5.56 Å². The molecule has 19 heavy (non-hydrogen) atoms. The van der Waals surface area contributed by atoms with Gasteiger partial charge in [0.1, 0.15) is 0 Å². The van der Waals surface area contributed by atoms with E-state index in [4.69, 9.17) is 11.6 Å². The van der Waals surface area contributed by atoms with Crippen LogP contribution in [0.25, 0.3) is 0 Å². The van der Waals surface area contributed by atoms with E-state index in [-0.39, 0.29) is 12.5 Å². The Morgan fingerprint density at radius 1 is 1.05 bits per heavy atom. The molecule has 3 unspecified atom stereocenters. The second-order valence-corrected chi connectivity index (χ2v) is 5.63. The molecule has 0 radical (unpaired) electrons. The Balaban J connectivity index is 1.81. The fourth-order valence-electron chi connectivity index (χ4n) is 2.98. The van der Waals surface area contributed by atoms with E-state index >= 15 is 0 Å². The Morgan fingerprint density at radius 3 is 2.42 bits per heavy atom. The predicted octanol–water partition coefficient (Wildman–Crippen LogP) is 4.22. The molecule has 98 valence electrons. The Bertz CT molecular complexity index is 552. The van der Waals surface area contributed by atoms with Gasteiger partial charge in [-0.3, -0.25) is 0 Å². The van der Waals surface area contributed by atoms with Crippen LogP contribution >= 0.6 is 11.6 Å². The van der Waals surface area contributed by atoms with Crippen molar-refractivity contribution in [1.82, 2.24) is 0 Å². The van der Waals surface area contributed by atoms with Gasteiger partial charge in [0.25, 0.3) is 0 Å². The third-order valence-electron chi connectivity index (χ3n) is 4.09. The monoisotopic (exact) mass is 272 g/mol. The van der Waals surface area contributed by atoms with Gasteiger partial charge in [-0.15, -0.1) is 0 Å². The molecule has 1 nitrogen and oxygen atoms in total. The summed E-state index contributed by atoms with van der Waals surface area (Å²) in [5.41, 5.74) is 2.45. The van der Waals surface area contributed by atoms with Crippen LogP contribution < -0.4 is 0 Å². The maximum atomic E-state index is 9.72. The van der Waals surface area contributed by atoms with Crippen LogP contribution in [0, 0.1) is 5.92 Å². The molecule has 2 heteroatoms. The van der Waals surface area contributed by atoms with Gasteiger partial charge in [-0.1, -0.05) is 60.1 Å². The predicted molar refractivity (Wildman–Crippen MR) is 78.6 cm³/mol. The lowest BCUT2D eigenvalue weighted by Gasteiger charge is -2.16. The molecule has 3 rings (SSSR count). The summed E-state index contributed by atoms with van der Waals surface area (Å²) in [5, 5.41) is 10.5. The zero-order valence-corrected chi connectivity index (χ0v) is 11.4. The highest BCUT2D eigenvalue weighted by Gasteiger charge is 2.44. The molecule has 1 aliphatic rings. The van der Waals surface area contributed by atoms with Crippen molar-refractivity contribution in [3.05, 3.63) is 70.7 Å². The second-order valence-electron chi connectivity index (χ2n) is 5.23. The minimum Gasteiger partial charge on any atom is -0.396 e. The van der Waals surface area contributed by atoms with Crippen LogP contribution in [-0.4, -0.2) is 11.7 Å². The van der Waals surface area contributed by atoms with Crippen molar-refractivity contribution in [2.24, 2.45) is 5.92 Å². The summed E-state index contributed by atoms with van der Waals surface area (Å²) in [5.74, 6) is 1.22. The van der Waals surface area contributed by atoms with Gasteiger partial charge >= 0.3 is 0 Å². The molecule has 0 bridgehead atoms. The summed E-state index contributed by atoms with van der Waals surface area (Å²) in [6.07, 6.45) is 1.14. The highest BCUT2D eigenvalue weighted by atomic mass is 35.5. The molecule has 3 atom stereocenters. The zero-order valence-electron chi connectivity index (χ0n) is 10.7. The Kier molecular flexibility index (Phi) is 3.58. The van der Waals surface area contributed by atoms with Gasteiger partial charge in [0.05, 0.1) is 6.61 Å². The number of benzene rings is 2. The Hall–Kier alpha value is -1.31. The molecule has 1 saturated carbocycles. The first-order chi connectivity index (χ1) is 9.31. The first-order valence-corrected chi connectivity index (χ1v) is 7.09. The van der Waals surface area contributed by atoms with Crippen LogP contribution in [0.4, 0.5) is 0 Å². The molecule has 0 aromatic heterocycles. The molecule has 0 amide bonds. The molecule has 2 aromatic rings. The summed E-state index contributed by atoms with van der Waals surface area (Å²) in [6, 6.07) is 18.4. The van der Waals surface area contributed by atoms with Crippen LogP contribution in [0.15, 0.2) is 54.6 Å². The van der Waals surface area contributed by atoms with Gasteiger partial charge in [0.2, 0.25) is 0 Å². The fourth-order valence-corrected chi connectivity index (χ4v) is 3.26. The zero-order chi connectivity index (χ0) is 13.2. The van der Waals surface area contributed by atoms with Crippen LogP contribution in [0.5, 0.6) is 0 Å². The summed E-state index contributed by atoms with van der Waals surface area (Å²) in [4.78, 5) is 0. The third-order valence-corrected chi connectivity index (χ3v) is 4.43. The Labute approximate surface area is 118 Å². The van der Waals surface area contributed by atoms with E-state index in [1.54, 1.807) is 0 Å². The third kappa shape index (κ3) is 2.54. The maximum absolute atomic E-state index is 9.72. The highest BCUT2D eigenvalue weighted by Crippen LogP contribution is 2.55. The minimum atomic E-state index is 0.152. The van der Waals surface area contributed by atoms with Crippen LogP contribution in [0.3, 0.4) is 0 Å². The van der Waals surface area contributed by atoms with Crippen LogP contribution in [-0.2, 0) is 0 Å². The second kappa shape index (κ2) is 5.36. The molecule has 0 aliphatic heterocycles. The van der Waals surface area contributed by atoms with E-state index in [0.717, 1.165) is 17.0 Å². The van der Waals surface area contributed by atoms with E-state index in [0.29, 0.717) is 11.8 Å². The van der Waals surface area contributed by atoms with E-state index < -0.39 is 0 Å². The van der Waals surface area contributed by atoms with Crippen molar-refractivity contribution in [3.63, 3.8) is 0 Å². The summed E-state index contributed by atoms with van der Waals surface area (Å²) >= 11 is 6.25. The smallest absolute Gasteiger partial charge is 0.0503 e. The largest absolute Gasteiger partial charge is 0.396 e. The summed E-state index contributed by atoms with van der Waals surface area (Å²) in [7, 11) is 0. The van der Waals surface area contributed by atoms with Gasteiger partial charge < -0.3 is 5.11 Å². The molecular formula is C17H17ClO. The highest BCUT2D eigenvalue weighted by molar-refractivity contribution is 6.31. The number of rotatable bonds is 4. The lowest BCUT2D eigenvalue weighted by molar-refractivity contribution is 0.251. The SMILES string of the molecule is OCC(c1ccccc1Cl)C1CC1c1ccccc1. The van der Waals surface area contributed by atoms with Crippen molar-refractivity contribution < 1.29 is 5.11 Å². The summed E-state index contributed by atoms with van der Waals surface area (Å²) < 4.78 is 0. The molecule has 2 aromatic carbocycles. The maximum Gasteiger partial charge on any atom is 0.0503 e. The van der Waals surface area contributed by atoms with Gasteiger partial charge in [0.15, 0.2) is 0 Å². The average molecular weight is 273 g/mol. The van der Waals surface area contributed by atoms with Gasteiger partial charge in [-0.05, 0) is 35.4 Å². The topological polar surface area (TPSA) is 20.2 Å². The van der Waals surface area contributed by atoms with Gasteiger partial charge in [0, 0.05) is 10.9 Å². The standard InChI is InChI=1S/C17H17ClO/c18-17-9-5-4-8-13(17)16(11-19)15-10-14(15)12-6-2-1-3-7-12/h1-9,14-16,19H,10-11H2. The minimum absolute atomic E-state index is 0.152. The van der Waals surface area contributed by atoms with Crippen LogP contribution in [0.1, 0.15) is 29.4 Å². The van der Waals surface area contributed by atoms with Crippen molar-refractivity contribution >= 4 is 11.6 Å². The number of hydrogen-bond donors (Lipinski definition) is 1. The van der Waals surface area contributed by atoms with Crippen LogP contribution in [0.2, 0.25) is 5.02 Å². The molecule has 0 saturated heterocycles. The number of hydrogen-bond acceptors (Lipinski definition) is 1. The van der Waals surface area contributed by atoms with E-state index in [9.17, 15) is 5.11 Å². The molecule has 0 heterocycles. The average Bonchev–Trinajstić information content (AvgIpc) is 3.23. The molecule has 1 N–H and O–H groups in total. The number of halogens is 1. The van der Waals surface area contributed by atoms with Crippen molar-refractivity contribution in [1.29, 1.82) is 0 Å². The molecule has 1 fully saturated rings. The van der Waals surface area contributed by atoms with Crippen molar-refractivity contribution in [2.45, 2.75) is 18.3 Å². The van der Waals surface area contributed by atoms with Crippen molar-refractivity contribution in [2.75, 3.05) is 6.61 Å². The van der Waals surface area contributed by atoms with Crippen molar-refractivity contribution in [3.8, 4) is 0 Å². The lowest BCUT2D eigenvalue weighted by Crippen LogP contribution is -2.08. The molecule has 0 spiro atoms. The number of aliphatic hydroxyl groups is 1. The van der Waals surface area contributed by atoms with Gasteiger partial charge in [-0.2, -0.15) is 0 Å². The van der Waals surface area contributed by atoms with Gasteiger partial charge in [-0.25, -0.2) is 0 Å². The summed E-state index contributed by atoms with van der Waals surface area (Å²) in [6.45, 7) is 0.164. The number of aliphatic hydroxyl groups excluding tert-OH is 1. The molecular weight excluding hydrogens is 256 g/mol. The normalized spacial score (nSPS) is 23.1. The fraction of sp³-hybridized carbons (Fsp3) is 0.294. The van der Waals surface area contributed by atoms with E-state index in [2.05, 4.69) is 24.3 Å². The molecule has 1 aliphatic carbocycles.